The number of benzene rings is 6. The minimum absolute atomic E-state index is 0.130. The van der Waals surface area contributed by atoms with E-state index in [1.54, 1.807) is 0 Å². The van der Waals surface area contributed by atoms with Crippen LogP contribution in [-0.4, -0.2) is 15.0 Å². The number of fused-ring (bicyclic) bond motifs is 11. The van der Waals surface area contributed by atoms with E-state index in [9.17, 15) is 0 Å². The zero-order chi connectivity index (χ0) is 31.3. The first-order chi connectivity index (χ1) is 23.1. The molecule has 7 aromatic rings. The van der Waals surface area contributed by atoms with Crippen molar-refractivity contribution in [2.75, 3.05) is 0 Å². The molecule has 1 saturated carbocycles. The Balaban J connectivity index is 1.32. The van der Waals surface area contributed by atoms with E-state index < -0.39 is 0 Å². The first-order valence-corrected chi connectivity index (χ1v) is 16.8. The molecule has 0 N–H and O–H groups in total. The van der Waals surface area contributed by atoms with Gasteiger partial charge in [0.1, 0.15) is 0 Å². The third-order valence-electron chi connectivity index (χ3n) is 11.2. The van der Waals surface area contributed by atoms with Crippen LogP contribution < -0.4 is 0 Å². The monoisotopic (exact) mass is 603 g/mol. The predicted octanol–water partition coefficient (Wildman–Crippen LogP) is 11.0. The van der Waals surface area contributed by atoms with Gasteiger partial charge < -0.3 is 0 Å². The predicted molar refractivity (Wildman–Crippen MR) is 191 cm³/mol. The average Bonchev–Trinajstić information content (AvgIpc) is 3.91. The smallest absolute Gasteiger partial charge is 0.164 e. The van der Waals surface area contributed by atoms with Crippen molar-refractivity contribution in [2.24, 2.45) is 0 Å². The van der Waals surface area contributed by atoms with Crippen LogP contribution in [0.3, 0.4) is 0 Å². The Kier molecular flexibility index (Phi) is 5.58. The summed E-state index contributed by atoms with van der Waals surface area (Å²) < 4.78 is 0. The number of hydrogen-bond donors (Lipinski definition) is 0. The summed E-state index contributed by atoms with van der Waals surface area (Å²) >= 11 is 0. The van der Waals surface area contributed by atoms with Crippen LogP contribution in [0.2, 0.25) is 0 Å². The molecule has 6 aromatic carbocycles. The van der Waals surface area contributed by atoms with Crippen LogP contribution in [0.4, 0.5) is 0 Å². The van der Waals surface area contributed by atoms with E-state index in [0.717, 1.165) is 34.3 Å². The highest BCUT2D eigenvalue weighted by molar-refractivity contribution is 6.00. The summed E-state index contributed by atoms with van der Waals surface area (Å²) in [6, 6.07) is 45.9. The molecule has 47 heavy (non-hydrogen) atoms. The molecule has 0 bridgehead atoms. The first kappa shape index (κ1) is 26.8. The molecule has 224 valence electrons. The van der Waals surface area contributed by atoms with Crippen molar-refractivity contribution in [3.05, 3.63) is 150 Å². The zero-order valence-electron chi connectivity index (χ0n) is 26.5. The van der Waals surface area contributed by atoms with Gasteiger partial charge in [0.2, 0.25) is 0 Å². The molecular formula is C44H33N3. The molecule has 3 unspecified atom stereocenters. The van der Waals surface area contributed by atoms with Gasteiger partial charge in [-0.05, 0) is 86.0 Å². The number of rotatable bonds is 4. The maximum absolute atomic E-state index is 5.38. The van der Waals surface area contributed by atoms with Gasteiger partial charge in [0.25, 0.3) is 0 Å². The van der Waals surface area contributed by atoms with Crippen molar-refractivity contribution in [2.45, 2.75) is 43.9 Å². The first-order valence-electron chi connectivity index (χ1n) is 16.8. The molecule has 0 amide bonds. The minimum Gasteiger partial charge on any atom is -0.208 e. The van der Waals surface area contributed by atoms with Crippen molar-refractivity contribution < 1.29 is 0 Å². The van der Waals surface area contributed by atoms with Crippen LogP contribution in [0.15, 0.2) is 127 Å². The van der Waals surface area contributed by atoms with Gasteiger partial charge in [-0.3, -0.25) is 0 Å². The van der Waals surface area contributed by atoms with Gasteiger partial charge in [-0.25, -0.2) is 15.0 Å². The Morgan fingerprint density at radius 3 is 2.06 bits per heavy atom. The molecule has 1 heterocycles. The second kappa shape index (κ2) is 9.80. The van der Waals surface area contributed by atoms with E-state index >= 15 is 0 Å². The van der Waals surface area contributed by atoms with Crippen LogP contribution in [0.5, 0.6) is 0 Å². The van der Waals surface area contributed by atoms with E-state index in [0.29, 0.717) is 23.5 Å². The third-order valence-corrected chi connectivity index (χ3v) is 11.2. The van der Waals surface area contributed by atoms with E-state index in [1.165, 1.54) is 56.3 Å². The van der Waals surface area contributed by atoms with Gasteiger partial charge >= 0.3 is 0 Å². The molecule has 3 heteroatoms. The fourth-order valence-corrected chi connectivity index (χ4v) is 8.66. The van der Waals surface area contributed by atoms with E-state index in [4.69, 9.17) is 15.0 Å². The van der Waals surface area contributed by atoms with Crippen LogP contribution in [0.25, 0.3) is 67.2 Å². The molecule has 3 nitrogen and oxygen atoms in total. The average molecular weight is 604 g/mol. The largest absolute Gasteiger partial charge is 0.208 e. The topological polar surface area (TPSA) is 38.7 Å². The lowest BCUT2D eigenvalue weighted by Gasteiger charge is -2.32. The summed E-state index contributed by atoms with van der Waals surface area (Å²) in [6.45, 7) is 4.79. The Morgan fingerprint density at radius 2 is 1.21 bits per heavy atom. The summed E-state index contributed by atoms with van der Waals surface area (Å²) in [6.07, 6.45) is 2.21. The summed E-state index contributed by atoms with van der Waals surface area (Å²) in [4.78, 5) is 15.8. The lowest BCUT2D eigenvalue weighted by atomic mass is 9.71. The number of hydrogen-bond acceptors (Lipinski definition) is 3. The Labute approximate surface area is 275 Å². The summed E-state index contributed by atoms with van der Waals surface area (Å²) in [5.74, 6) is 3.26. The second-order valence-corrected chi connectivity index (χ2v) is 13.6. The Morgan fingerprint density at radius 1 is 0.574 bits per heavy atom. The van der Waals surface area contributed by atoms with Gasteiger partial charge in [-0.2, -0.15) is 0 Å². The standard InChI is InChI=1S/C44H33N3/c1-3-44(2)37-23-12-11-21-32(37)39-36(25-35-34-24-33(34)29-19-9-10-20-30(29)38(35)40(39)44)43-46-41(27-15-5-4-6-16-27)45-42(47-43)31-22-13-17-26-14-7-8-18-28(26)31/h4-23,25,33-34H,3,24H2,1-2H3. The van der Waals surface area contributed by atoms with Crippen molar-refractivity contribution >= 4 is 10.8 Å². The third kappa shape index (κ3) is 3.77. The van der Waals surface area contributed by atoms with Crippen molar-refractivity contribution in [1.82, 2.24) is 15.0 Å². The van der Waals surface area contributed by atoms with Gasteiger partial charge in [0.05, 0.1) is 0 Å². The van der Waals surface area contributed by atoms with E-state index in [1.807, 2.05) is 6.07 Å². The molecule has 0 radical (unpaired) electrons. The maximum atomic E-state index is 5.38. The molecule has 1 fully saturated rings. The van der Waals surface area contributed by atoms with Crippen LogP contribution in [-0.2, 0) is 5.41 Å². The molecule has 0 aliphatic heterocycles. The molecule has 1 aromatic heterocycles. The number of nitrogens with zero attached hydrogens (tertiary/aromatic N) is 3. The lowest BCUT2D eigenvalue weighted by molar-refractivity contribution is 0.565. The molecule has 0 saturated heterocycles. The summed E-state index contributed by atoms with van der Waals surface area (Å²) in [7, 11) is 0. The fourth-order valence-electron chi connectivity index (χ4n) is 8.66. The SMILES string of the molecule is CCC1(C)c2ccccc2-c2c(-c3nc(-c4ccccc4)nc(-c4cccc5ccccc45)n3)cc3c(c21)-c1ccccc1C1CC31. The van der Waals surface area contributed by atoms with Crippen LogP contribution in [0.1, 0.15) is 60.8 Å². The van der Waals surface area contributed by atoms with E-state index in [-0.39, 0.29) is 5.41 Å². The molecular weight excluding hydrogens is 571 g/mol. The van der Waals surface area contributed by atoms with Crippen molar-refractivity contribution in [3.63, 3.8) is 0 Å². The quantitative estimate of drug-likeness (QED) is 0.201. The molecule has 10 rings (SSSR count). The molecule has 3 atom stereocenters. The lowest BCUT2D eigenvalue weighted by Crippen LogP contribution is -2.21. The second-order valence-electron chi connectivity index (χ2n) is 13.6. The maximum Gasteiger partial charge on any atom is 0.164 e. The summed E-state index contributed by atoms with van der Waals surface area (Å²) in [5, 5.41) is 2.32. The molecule has 0 spiro atoms. The Hall–Kier alpha value is -5.41. The van der Waals surface area contributed by atoms with Gasteiger partial charge in [-0.15, -0.1) is 0 Å². The van der Waals surface area contributed by atoms with E-state index in [2.05, 4.69) is 135 Å². The van der Waals surface area contributed by atoms with Gasteiger partial charge in [0, 0.05) is 22.1 Å². The fraction of sp³-hybridized carbons (Fsp3) is 0.159. The zero-order valence-corrected chi connectivity index (χ0v) is 26.5. The Bertz CT molecular complexity index is 2400. The molecule has 3 aliphatic carbocycles. The van der Waals surface area contributed by atoms with Gasteiger partial charge in [-0.1, -0.05) is 135 Å². The van der Waals surface area contributed by atoms with Crippen molar-refractivity contribution in [1.29, 1.82) is 0 Å². The van der Waals surface area contributed by atoms with Crippen LogP contribution >= 0.6 is 0 Å². The van der Waals surface area contributed by atoms with Gasteiger partial charge in [0.15, 0.2) is 17.5 Å². The summed E-state index contributed by atoms with van der Waals surface area (Å²) in [5.41, 5.74) is 14.3. The minimum atomic E-state index is -0.130. The molecule has 3 aliphatic rings. The highest BCUT2D eigenvalue weighted by Gasteiger charge is 2.50. The highest BCUT2D eigenvalue weighted by atomic mass is 15.0. The highest BCUT2D eigenvalue weighted by Crippen LogP contribution is 2.67. The number of aromatic nitrogens is 3. The normalized spacial score (nSPS) is 19.8. The van der Waals surface area contributed by atoms with Crippen molar-refractivity contribution in [3.8, 4) is 56.4 Å². The van der Waals surface area contributed by atoms with Crippen LogP contribution in [0, 0.1) is 0 Å².